The molecule has 0 radical (unpaired) electrons. The number of hydrogen-bond donors (Lipinski definition) is 2. The van der Waals surface area contributed by atoms with Crippen LogP contribution in [0, 0.1) is 0 Å². The van der Waals surface area contributed by atoms with Crippen LogP contribution in [0.5, 0.6) is 5.75 Å². The van der Waals surface area contributed by atoms with E-state index in [4.69, 9.17) is 14.2 Å². The zero-order valence-corrected chi connectivity index (χ0v) is 25.7. The molecule has 0 unspecified atom stereocenters. The highest BCUT2D eigenvalue weighted by Crippen LogP contribution is 2.44. The molecule has 6 aromatic rings. The molecule has 1 aliphatic carbocycles. The lowest BCUT2D eigenvalue weighted by Gasteiger charge is -2.19. The van der Waals surface area contributed by atoms with Crippen LogP contribution in [0.3, 0.4) is 0 Å². The SMILES string of the molecule is O=C(N[C@H](Cc1c[nH]c2ccccc12)C(=O)OCc1ccc(OCc2ccccc2)cc1)OCC1c2ccccc2-c2ccccc21. The van der Waals surface area contributed by atoms with Gasteiger partial charge in [0.25, 0.3) is 0 Å². The van der Waals surface area contributed by atoms with Gasteiger partial charge in [-0.1, -0.05) is 109 Å². The standard InChI is InChI=1S/C40H34N2O5/c43-39(46-25-28-18-20-30(21-19-28)45-24-27-10-2-1-3-11-27)38(22-29-23-41-37-17-9-8-12-31(29)37)42-40(44)47-26-36-34-15-6-4-13-32(34)33-14-5-7-16-35(33)36/h1-21,23,36,38,41H,22,24-26H2,(H,42,44)/t38-/m1/s1. The van der Waals surface area contributed by atoms with Gasteiger partial charge in [-0.05, 0) is 57.1 Å². The molecule has 1 aliphatic rings. The lowest BCUT2D eigenvalue weighted by molar-refractivity contribution is -0.147. The van der Waals surface area contributed by atoms with Crippen molar-refractivity contribution in [1.82, 2.24) is 10.3 Å². The summed E-state index contributed by atoms with van der Waals surface area (Å²) in [5.74, 6) is 0.0815. The Balaban J connectivity index is 1.01. The summed E-state index contributed by atoms with van der Waals surface area (Å²) in [4.78, 5) is 30.0. The largest absolute Gasteiger partial charge is 0.489 e. The number of benzene rings is 5. The van der Waals surface area contributed by atoms with Crippen LogP contribution in [-0.4, -0.2) is 29.7 Å². The van der Waals surface area contributed by atoms with Gasteiger partial charge in [-0.3, -0.25) is 0 Å². The van der Waals surface area contributed by atoms with Crippen LogP contribution in [0.2, 0.25) is 0 Å². The Bertz CT molecular complexity index is 1960. The van der Waals surface area contributed by atoms with Gasteiger partial charge in [-0.2, -0.15) is 0 Å². The second-order valence-electron chi connectivity index (χ2n) is 11.6. The summed E-state index contributed by atoms with van der Waals surface area (Å²) in [6, 6.07) is 40.6. The minimum Gasteiger partial charge on any atom is -0.489 e. The predicted molar refractivity (Wildman–Crippen MR) is 181 cm³/mol. The van der Waals surface area contributed by atoms with Crippen molar-refractivity contribution in [2.24, 2.45) is 0 Å². The molecule has 7 nitrogen and oxygen atoms in total. The number of amides is 1. The van der Waals surface area contributed by atoms with E-state index in [0.717, 1.165) is 55.6 Å². The van der Waals surface area contributed by atoms with E-state index in [2.05, 4.69) is 34.6 Å². The maximum absolute atomic E-state index is 13.5. The number of carbonyl (C=O) groups excluding carboxylic acids is 2. The quantitative estimate of drug-likeness (QED) is 0.143. The monoisotopic (exact) mass is 622 g/mol. The molecule has 1 aromatic heterocycles. The number of esters is 1. The van der Waals surface area contributed by atoms with Gasteiger partial charge in [0, 0.05) is 29.4 Å². The van der Waals surface area contributed by atoms with E-state index >= 15 is 0 Å². The first-order valence-electron chi connectivity index (χ1n) is 15.7. The minimum atomic E-state index is -0.960. The molecule has 0 aliphatic heterocycles. The first kappa shape index (κ1) is 29.9. The summed E-state index contributed by atoms with van der Waals surface area (Å²) < 4.78 is 17.4. The van der Waals surface area contributed by atoms with Crippen molar-refractivity contribution >= 4 is 23.0 Å². The molecule has 5 aromatic carbocycles. The number of aromatic amines is 1. The number of rotatable bonds is 11. The van der Waals surface area contributed by atoms with Crippen LogP contribution in [0.1, 0.15) is 33.7 Å². The van der Waals surface area contributed by atoms with Crippen LogP contribution in [-0.2, 0) is 33.9 Å². The Morgan fingerprint density at radius 1 is 0.681 bits per heavy atom. The van der Waals surface area contributed by atoms with Gasteiger partial charge in [-0.25, -0.2) is 9.59 Å². The second kappa shape index (κ2) is 13.7. The molecule has 0 fully saturated rings. The van der Waals surface area contributed by atoms with Gasteiger partial charge in [0.1, 0.15) is 31.6 Å². The summed E-state index contributed by atoms with van der Waals surface area (Å²) in [6.07, 6.45) is 1.42. The van der Waals surface area contributed by atoms with E-state index in [1.54, 1.807) is 0 Å². The van der Waals surface area contributed by atoms with Crippen molar-refractivity contribution in [3.8, 4) is 16.9 Å². The fourth-order valence-corrected chi connectivity index (χ4v) is 6.17. The highest BCUT2D eigenvalue weighted by atomic mass is 16.6. The number of ether oxygens (including phenoxy) is 3. The molecule has 0 saturated carbocycles. The number of para-hydroxylation sites is 1. The Labute approximate surface area is 273 Å². The van der Waals surface area contributed by atoms with E-state index in [-0.39, 0.29) is 25.6 Å². The third-order valence-electron chi connectivity index (χ3n) is 8.57. The zero-order valence-electron chi connectivity index (χ0n) is 25.7. The molecular formula is C40H34N2O5. The second-order valence-corrected chi connectivity index (χ2v) is 11.6. The maximum atomic E-state index is 13.5. The highest BCUT2D eigenvalue weighted by Gasteiger charge is 2.30. The number of H-pyrrole nitrogens is 1. The van der Waals surface area contributed by atoms with E-state index in [1.165, 1.54) is 0 Å². The van der Waals surface area contributed by atoms with Crippen LogP contribution in [0.25, 0.3) is 22.0 Å². The molecule has 0 bridgehead atoms. The Morgan fingerprint density at radius 3 is 2.06 bits per heavy atom. The predicted octanol–water partition coefficient (Wildman–Crippen LogP) is 7.94. The number of carbonyl (C=O) groups is 2. The topological polar surface area (TPSA) is 89.7 Å². The van der Waals surface area contributed by atoms with Crippen molar-refractivity contribution in [3.05, 3.63) is 161 Å². The highest BCUT2D eigenvalue weighted by molar-refractivity contribution is 5.86. The van der Waals surface area contributed by atoms with Gasteiger partial charge in [-0.15, -0.1) is 0 Å². The maximum Gasteiger partial charge on any atom is 0.407 e. The molecule has 1 heterocycles. The molecule has 1 amide bonds. The summed E-state index contributed by atoms with van der Waals surface area (Å²) in [5, 5.41) is 3.78. The molecular weight excluding hydrogens is 588 g/mol. The fourth-order valence-electron chi connectivity index (χ4n) is 6.17. The smallest absolute Gasteiger partial charge is 0.407 e. The number of aromatic nitrogens is 1. The van der Waals surface area contributed by atoms with Gasteiger partial charge in [0.2, 0.25) is 0 Å². The Kier molecular flexibility index (Phi) is 8.68. The molecule has 7 heteroatoms. The van der Waals surface area contributed by atoms with Gasteiger partial charge < -0.3 is 24.5 Å². The molecule has 2 N–H and O–H groups in total. The summed E-state index contributed by atoms with van der Waals surface area (Å²) in [7, 11) is 0. The molecule has 0 saturated heterocycles. The molecule has 234 valence electrons. The molecule has 7 rings (SSSR count). The van der Waals surface area contributed by atoms with Gasteiger partial charge in [0.05, 0.1) is 0 Å². The van der Waals surface area contributed by atoms with Crippen molar-refractivity contribution in [1.29, 1.82) is 0 Å². The van der Waals surface area contributed by atoms with Crippen molar-refractivity contribution in [2.75, 3.05) is 6.61 Å². The summed E-state index contributed by atoms with van der Waals surface area (Å²) >= 11 is 0. The molecule has 1 atom stereocenters. The van der Waals surface area contributed by atoms with Gasteiger partial charge >= 0.3 is 12.1 Å². The van der Waals surface area contributed by atoms with E-state index in [9.17, 15) is 9.59 Å². The minimum absolute atomic E-state index is 0.0502. The van der Waals surface area contributed by atoms with Crippen LogP contribution in [0.15, 0.2) is 134 Å². The lowest BCUT2D eigenvalue weighted by Crippen LogP contribution is -2.43. The number of hydrogen-bond acceptors (Lipinski definition) is 5. The zero-order chi connectivity index (χ0) is 32.0. The number of alkyl carbamates (subject to hydrolysis) is 1. The van der Waals surface area contributed by atoms with Crippen molar-refractivity contribution in [2.45, 2.75) is 31.6 Å². The van der Waals surface area contributed by atoms with Crippen LogP contribution < -0.4 is 10.1 Å². The van der Waals surface area contributed by atoms with Crippen molar-refractivity contribution in [3.63, 3.8) is 0 Å². The Hall–Kier alpha value is -5.82. The third kappa shape index (κ3) is 6.75. The average molecular weight is 623 g/mol. The normalized spacial score (nSPS) is 12.6. The van der Waals surface area contributed by atoms with Gasteiger partial charge in [0.15, 0.2) is 0 Å². The molecule has 0 spiro atoms. The van der Waals surface area contributed by atoms with Crippen molar-refractivity contribution < 1.29 is 23.8 Å². The average Bonchev–Trinajstić information content (AvgIpc) is 3.68. The van der Waals surface area contributed by atoms with Crippen LogP contribution >= 0.6 is 0 Å². The third-order valence-corrected chi connectivity index (χ3v) is 8.57. The summed E-state index contributed by atoms with van der Waals surface area (Å²) in [5.41, 5.74) is 8.25. The van der Waals surface area contributed by atoms with E-state index in [1.807, 2.05) is 109 Å². The first-order chi connectivity index (χ1) is 23.1. The number of nitrogens with one attached hydrogen (secondary N) is 2. The first-order valence-corrected chi connectivity index (χ1v) is 15.7. The lowest BCUT2D eigenvalue weighted by atomic mass is 9.98. The molecule has 47 heavy (non-hydrogen) atoms. The fraction of sp³-hybridized carbons (Fsp3) is 0.150. The number of fused-ring (bicyclic) bond motifs is 4. The van der Waals surface area contributed by atoms with Crippen LogP contribution in [0.4, 0.5) is 4.79 Å². The summed E-state index contributed by atoms with van der Waals surface area (Å²) in [6.45, 7) is 0.661. The van der Waals surface area contributed by atoms with E-state index in [0.29, 0.717) is 6.61 Å². The van der Waals surface area contributed by atoms with E-state index < -0.39 is 18.1 Å². The Morgan fingerprint density at radius 2 is 1.32 bits per heavy atom.